The number of para-hydroxylation sites is 8. The van der Waals surface area contributed by atoms with Crippen LogP contribution in [-0.4, -0.2) is 27.9 Å². The molecular formula is C62H40N6. The number of hydrogen-bond acceptors (Lipinski definition) is 2. The number of benzene rings is 10. The van der Waals surface area contributed by atoms with Crippen LogP contribution >= 0.6 is 0 Å². The summed E-state index contributed by atoms with van der Waals surface area (Å²) < 4.78 is 9.15. The van der Waals surface area contributed by atoms with Gasteiger partial charge in [0.25, 0.3) is 0 Å². The van der Waals surface area contributed by atoms with Crippen molar-refractivity contribution in [2.75, 3.05) is 0 Å². The third kappa shape index (κ3) is 5.77. The van der Waals surface area contributed by atoms with Crippen LogP contribution in [0, 0.1) is 0 Å². The van der Waals surface area contributed by atoms with Crippen molar-refractivity contribution in [3.05, 3.63) is 243 Å². The highest BCUT2D eigenvalue weighted by atomic mass is 15.2. The fourth-order valence-electron chi connectivity index (χ4n) is 10.7. The van der Waals surface area contributed by atoms with Crippen LogP contribution in [0.3, 0.4) is 0 Å². The predicted molar refractivity (Wildman–Crippen MR) is 280 cm³/mol. The topological polar surface area (TPSA) is 44.5 Å². The molecule has 68 heavy (non-hydrogen) atoms. The van der Waals surface area contributed by atoms with Gasteiger partial charge >= 0.3 is 0 Å². The van der Waals surface area contributed by atoms with E-state index in [0.29, 0.717) is 0 Å². The molecule has 0 aliphatic carbocycles. The van der Waals surface area contributed by atoms with E-state index in [1.807, 2.05) is 0 Å². The van der Waals surface area contributed by atoms with E-state index in [4.69, 9.17) is 9.97 Å². The van der Waals surface area contributed by atoms with Crippen molar-refractivity contribution in [3.63, 3.8) is 0 Å². The van der Waals surface area contributed by atoms with Crippen molar-refractivity contribution in [2.24, 2.45) is 0 Å². The van der Waals surface area contributed by atoms with Gasteiger partial charge in [0.05, 0.1) is 44.1 Å². The summed E-state index contributed by atoms with van der Waals surface area (Å²) >= 11 is 0. The van der Waals surface area contributed by atoms with Gasteiger partial charge in [-0.1, -0.05) is 164 Å². The molecule has 318 valence electrons. The Morgan fingerprint density at radius 3 is 1.19 bits per heavy atom. The first-order valence-corrected chi connectivity index (χ1v) is 23.1. The fraction of sp³-hybridized carbons (Fsp3) is 0. The molecule has 0 bridgehead atoms. The summed E-state index contributed by atoms with van der Waals surface area (Å²) in [6.07, 6.45) is 0. The van der Waals surface area contributed by atoms with Crippen molar-refractivity contribution in [2.45, 2.75) is 0 Å². The van der Waals surface area contributed by atoms with Gasteiger partial charge in [-0.3, -0.25) is 17.9 Å². The Hall–Kier alpha value is -9.26. The maximum atomic E-state index is 5.23. The standard InChI is InChI=1S/C62H40N6/c1-4-19-41(20-5-1)48-40-49(45-25-18-26-47(39-45)66-55-32-15-17-34-57(55)68-53-30-13-11-28-51(53)64-62(66)68)58(42-21-6-2-7-22-42)60(43-23-8-3-9-24-43)59(48)44-35-37-46(38-36-44)65-54-31-14-16-33-56(54)67-52-29-12-10-27-50(52)63-61(65)67/h1-40H. The van der Waals surface area contributed by atoms with Gasteiger partial charge in [0.1, 0.15) is 0 Å². The quantitative estimate of drug-likeness (QED) is 0.160. The minimum Gasteiger partial charge on any atom is -0.278 e. The molecular weight excluding hydrogens is 829 g/mol. The second kappa shape index (κ2) is 15.2. The third-order valence-corrected chi connectivity index (χ3v) is 13.6. The van der Waals surface area contributed by atoms with Gasteiger partial charge in [-0.2, -0.15) is 0 Å². The van der Waals surface area contributed by atoms with E-state index in [9.17, 15) is 0 Å². The molecule has 0 radical (unpaired) electrons. The second-order valence-electron chi connectivity index (χ2n) is 17.4. The first kappa shape index (κ1) is 38.1. The molecule has 6 heteroatoms. The molecule has 4 aromatic heterocycles. The molecule has 0 fully saturated rings. The molecule has 0 unspecified atom stereocenters. The Balaban J connectivity index is 1.04. The molecule has 4 heterocycles. The lowest BCUT2D eigenvalue weighted by atomic mass is 9.79. The normalized spacial score (nSPS) is 11.8. The minimum absolute atomic E-state index is 0.885. The monoisotopic (exact) mass is 868 g/mol. The lowest BCUT2D eigenvalue weighted by molar-refractivity contribution is 1.11. The van der Waals surface area contributed by atoms with Crippen molar-refractivity contribution in [1.82, 2.24) is 27.9 Å². The fourth-order valence-corrected chi connectivity index (χ4v) is 10.7. The van der Waals surface area contributed by atoms with E-state index < -0.39 is 0 Å². The minimum atomic E-state index is 0.885. The predicted octanol–water partition coefficient (Wildman–Crippen LogP) is 15.5. The van der Waals surface area contributed by atoms with Gasteiger partial charge in [0, 0.05) is 11.4 Å². The number of fused-ring (bicyclic) bond motifs is 10. The number of aromatic nitrogens is 6. The molecule has 0 aliphatic heterocycles. The molecule has 0 N–H and O–H groups in total. The largest absolute Gasteiger partial charge is 0.278 e. The zero-order valence-corrected chi connectivity index (χ0v) is 36.8. The molecule has 0 aliphatic rings. The molecule has 14 rings (SSSR count). The maximum absolute atomic E-state index is 5.23. The van der Waals surface area contributed by atoms with Gasteiger partial charge in [-0.15, -0.1) is 0 Å². The number of nitrogens with zero attached hydrogens (tertiary/aromatic N) is 6. The average molecular weight is 869 g/mol. The highest BCUT2D eigenvalue weighted by Crippen LogP contribution is 2.51. The Labute approximate surface area is 391 Å². The van der Waals surface area contributed by atoms with Crippen molar-refractivity contribution in [3.8, 4) is 67.0 Å². The van der Waals surface area contributed by atoms with Crippen LogP contribution in [0.15, 0.2) is 243 Å². The van der Waals surface area contributed by atoms with Gasteiger partial charge in [0.15, 0.2) is 0 Å². The van der Waals surface area contributed by atoms with Crippen LogP contribution in [0.4, 0.5) is 0 Å². The van der Waals surface area contributed by atoms with Crippen LogP contribution < -0.4 is 0 Å². The molecule has 0 atom stereocenters. The molecule has 10 aromatic carbocycles. The summed E-state index contributed by atoms with van der Waals surface area (Å²) in [6, 6.07) is 87.2. The summed E-state index contributed by atoms with van der Waals surface area (Å²) in [4.78, 5) is 10.4. The Morgan fingerprint density at radius 2 is 0.647 bits per heavy atom. The molecule has 0 amide bonds. The highest BCUT2D eigenvalue weighted by Gasteiger charge is 2.25. The highest BCUT2D eigenvalue weighted by molar-refractivity contribution is 6.08. The van der Waals surface area contributed by atoms with E-state index in [-0.39, 0.29) is 0 Å². The number of hydrogen-bond donors (Lipinski definition) is 0. The van der Waals surface area contributed by atoms with Gasteiger partial charge in [-0.25, -0.2) is 9.97 Å². The van der Waals surface area contributed by atoms with Crippen molar-refractivity contribution >= 4 is 55.7 Å². The number of rotatable bonds is 7. The average Bonchev–Trinajstić information content (AvgIpc) is 4.16. The van der Waals surface area contributed by atoms with Crippen LogP contribution in [0.1, 0.15) is 0 Å². The first-order valence-electron chi connectivity index (χ1n) is 23.1. The van der Waals surface area contributed by atoms with E-state index in [0.717, 1.165) is 106 Å². The summed E-state index contributed by atoms with van der Waals surface area (Å²) in [5, 5.41) is 0. The zero-order chi connectivity index (χ0) is 44.7. The molecule has 0 saturated heterocycles. The van der Waals surface area contributed by atoms with E-state index in [1.165, 1.54) is 16.7 Å². The summed E-state index contributed by atoms with van der Waals surface area (Å²) in [7, 11) is 0. The van der Waals surface area contributed by atoms with E-state index in [2.05, 4.69) is 261 Å². The van der Waals surface area contributed by atoms with E-state index in [1.54, 1.807) is 0 Å². The summed E-state index contributed by atoms with van der Waals surface area (Å²) in [6.45, 7) is 0. The zero-order valence-electron chi connectivity index (χ0n) is 36.8. The summed E-state index contributed by atoms with van der Waals surface area (Å²) in [5.74, 6) is 1.78. The van der Waals surface area contributed by atoms with E-state index >= 15 is 0 Å². The Bertz CT molecular complexity index is 4230. The van der Waals surface area contributed by atoms with Gasteiger partial charge in [-0.05, 0) is 134 Å². The molecule has 14 aromatic rings. The first-order chi connectivity index (χ1) is 33.8. The lowest BCUT2D eigenvalue weighted by Crippen LogP contribution is -2.00. The molecule has 0 spiro atoms. The van der Waals surface area contributed by atoms with Crippen molar-refractivity contribution in [1.29, 1.82) is 0 Å². The van der Waals surface area contributed by atoms with Gasteiger partial charge in [0.2, 0.25) is 11.6 Å². The SMILES string of the molecule is c1ccc(-c2cc(-c3cccc(-n4c5ccccc5n5c6ccccc6nc45)c3)c(-c3ccccc3)c(-c3ccccc3)c2-c2ccc(-n3c4ccccc4n4c5ccccc5nc34)cc2)cc1. The lowest BCUT2D eigenvalue weighted by Gasteiger charge is -2.25. The molecule has 0 saturated carbocycles. The molecule has 6 nitrogen and oxygen atoms in total. The number of imidazole rings is 4. The van der Waals surface area contributed by atoms with Gasteiger partial charge < -0.3 is 0 Å². The van der Waals surface area contributed by atoms with Crippen molar-refractivity contribution < 1.29 is 0 Å². The van der Waals surface area contributed by atoms with Crippen LogP contribution in [0.5, 0.6) is 0 Å². The maximum Gasteiger partial charge on any atom is 0.220 e. The Kier molecular flexibility index (Phi) is 8.48. The Morgan fingerprint density at radius 1 is 0.250 bits per heavy atom. The van der Waals surface area contributed by atoms with Crippen LogP contribution in [-0.2, 0) is 0 Å². The summed E-state index contributed by atoms with van der Waals surface area (Å²) in [5.41, 5.74) is 22.1. The van der Waals surface area contributed by atoms with Crippen LogP contribution in [0.2, 0.25) is 0 Å². The third-order valence-electron chi connectivity index (χ3n) is 13.6. The van der Waals surface area contributed by atoms with Crippen LogP contribution in [0.25, 0.3) is 123 Å². The smallest absolute Gasteiger partial charge is 0.220 e. The second-order valence-corrected chi connectivity index (χ2v) is 17.4.